The standard InChI is InChI=1S/C24H27N3O4S/c1-17-6-7-19(22-16-25-24(31-22)18-8-9-18)14-23(17)32(28,29)27-12-10-26(11-13-27)20-4-3-5-21(15-20)30-2/h3-7,14-16,18H,8-13H2,1-2H3. The average molecular weight is 454 g/mol. The molecule has 0 atom stereocenters. The predicted molar refractivity (Wildman–Crippen MR) is 123 cm³/mol. The number of sulfonamides is 1. The number of aryl methyl sites for hydroxylation is 1. The SMILES string of the molecule is COc1cccc(N2CCN(S(=O)(=O)c3cc(-c4cnc(C5CC5)o4)ccc3C)CC2)c1. The predicted octanol–water partition coefficient (Wildman–Crippen LogP) is 4.05. The summed E-state index contributed by atoms with van der Waals surface area (Å²) in [7, 11) is -1.97. The molecule has 1 aliphatic heterocycles. The van der Waals surface area contributed by atoms with E-state index in [2.05, 4.69) is 9.88 Å². The Morgan fingerprint density at radius 2 is 1.84 bits per heavy atom. The average Bonchev–Trinajstić information content (AvgIpc) is 3.56. The van der Waals surface area contributed by atoms with Crippen molar-refractivity contribution in [2.45, 2.75) is 30.6 Å². The van der Waals surface area contributed by atoms with Crippen molar-refractivity contribution in [3.8, 4) is 17.1 Å². The van der Waals surface area contributed by atoms with Crippen LogP contribution in [0, 0.1) is 6.92 Å². The number of aromatic nitrogens is 1. The van der Waals surface area contributed by atoms with E-state index in [9.17, 15) is 8.42 Å². The lowest BCUT2D eigenvalue weighted by Crippen LogP contribution is -2.48. The highest BCUT2D eigenvalue weighted by molar-refractivity contribution is 7.89. The van der Waals surface area contributed by atoms with Gasteiger partial charge in [-0.2, -0.15) is 4.31 Å². The van der Waals surface area contributed by atoms with Crippen LogP contribution < -0.4 is 9.64 Å². The van der Waals surface area contributed by atoms with Crippen molar-refractivity contribution in [1.29, 1.82) is 0 Å². The molecule has 1 saturated carbocycles. The molecule has 1 saturated heterocycles. The zero-order chi connectivity index (χ0) is 22.3. The maximum Gasteiger partial charge on any atom is 0.243 e. The number of ether oxygens (including phenoxy) is 1. The lowest BCUT2D eigenvalue weighted by molar-refractivity contribution is 0.384. The molecule has 1 aromatic heterocycles. The lowest BCUT2D eigenvalue weighted by Gasteiger charge is -2.35. The molecule has 3 aromatic rings. The number of oxazole rings is 1. The van der Waals surface area contributed by atoms with Gasteiger partial charge in [0.1, 0.15) is 5.75 Å². The van der Waals surface area contributed by atoms with Gasteiger partial charge in [0.25, 0.3) is 0 Å². The van der Waals surface area contributed by atoms with Crippen LogP contribution in [0.4, 0.5) is 5.69 Å². The summed E-state index contributed by atoms with van der Waals surface area (Å²) < 4.78 is 39.8. The molecule has 32 heavy (non-hydrogen) atoms. The molecule has 7 nitrogen and oxygen atoms in total. The quantitative estimate of drug-likeness (QED) is 0.561. The van der Waals surface area contributed by atoms with E-state index in [1.807, 2.05) is 43.3 Å². The van der Waals surface area contributed by atoms with Gasteiger partial charge in [0.05, 0.1) is 18.2 Å². The number of piperazine rings is 1. The van der Waals surface area contributed by atoms with Gasteiger partial charge in [-0.1, -0.05) is 18.2 Å². The smallest absolute Gasteiger partial charge is 0.243 e. The topological polar surface area (TPSA) is 75.9 Å². The van der Waals surface area contributed by atoms with E-state index in [0.717, 1.165) is 41.3 Å². The first-order valence-corrected chi connectivity index (χ1v) is 12.4. The van der Waals surface area contributed by atoms with Gasteiger partial charge in [0, 0.05) is 49.4 Å². The minimum atomic E-state index is -3.62. The molecular weight excluding hydrogens is 426 g/mol. The first kappa shape index (κ1) is 21.0. The van der Waals surface area contributed by atoms with Crippen LogP contribution in [0.1, 0.15) is 30.2 Å². The number of nitrogens with zero attached hydrogens (tertiary/aromatic N) is 3. The van der Waals surface area contributed by atoms with Gasteiger partial charge < -0.3 is 14.1 Å². The fourth-order valence-corrected chi connectivity index (χ4v) is 5.78. The van der Waals surface area contributed by atoms with Crippen LogP contribution in [0.3, 0.4) is 0 Å². The maximum absolute atomic E-state index is 13.5. The van der Waals surface area contributed by atoms with Crippen LogP contribution in [-0.2, 0) is 10.0 Å². The van der Waals surface area contributed by atoms with E-state index in [-0.39, 0.29) is 0 Å². The molecule has 2 aliphatic rings. The number of hydrogen-bond acceptors (Lipinski definition) is 6. The van der Waals surface area contributed by atoms with Crippen LogP contribution in [0.15, 0.2) is 58.0 Å². The van der Waals surface area contributed by atoms with Gasteiger partial charge >= 0.3 is 0 Å². The molecule has 0 spiro atoms. The third kappa shape index (κ3) is 4.00. The first-order chi connectivity index (χ1) is 15.5. The van der Waals surface area contributed by atoms with Gasteiger partial charge in [-0.25, -0.2) is 13.4 Å². The Morgan fingerprint density at radius 3 is 2.56 bits per heavy atom. The Hall–Kier alpha value is -2.84. The van der Waals surface area contributed by atoms with E-state index < -0.39 is 10.0 Å². The zero-order valence-electron chi connectivity index (χ0n) is 18.3. The highest BCUT2D eigenvalue weighted by atomic mass is 32.2. The van der Waals surface area contributed by atoms with E-state index in [4.69, 9.17) is 9.15 Å². The molecule has 0 unspecified atom stereocenters. The summed E-state index contributed by atoms with van der Waals surface area (Å²) in [5.41, 5.74) is 2.51. The summed E-state index contributed by atoms with van der Waals surface area (Å²) in [5, 5.41) is 0. The van der Waals surface area contributed by atoms with E-state index >= 15 is 0 Å². The first-order valence-electron chi connectivity index (χ1n) is 10.9. The fraction of sp³-hybridized carbons (Fsp3) is 0.375. The number of rotatable bonds is 6. The molecule has 0 N–H and O–H groups in total. The molecule has 5 rings (SSSR count). The minimum absolute atomic E-state index is 0.328. The van der Waals surface area contributed by atoms with Crippen molar-refractivity contribution in [2.24, 2.45) is 0 Å². The Morgan fingerprint density at radius 1 is 1.06 bits per heavy atom. The van der Waals surface area contributed by atoms with Gasteiger partial charge in [-0.3, -0.25) is 0 Å². The van der Waals surface area contributed by atoms with E-state index in [1.54, 1.807) is 23.7 Å². The third-order valence-corrected chi connectivity index (χ3v) is 8.24. The molecule has 1 aliphatic carbocycles. The molecule has 0 bridgehead atoms. The van der Waals surface area contributed by atoms with Crippen LogP contribution in [0.25, 0.3) is 11.3 Å². The Labute approximate surface area is 188 Å². The second-order valence-corrected chi connectivity index (χ2v) is 10.3. The summed E-state index contributed by atoms with van der Waals surface area (Å²) in [4.78, 5) is 6.88. The van der Waals surface area contributed by atoms with Gasteiger partial charge in [0.15, 0.2) is 11.7 Å². The molecule has 2 fully saturated rings. The fourth-order valence-electron chi connectivity index (χ4n) is 4.10. The van der Waals surface area contributed by atoms with E-state index in [0.29, 0.717) is 42.8 Å². The second-order valence-electron chi connectivity index (χ2n) is 8.41. The molecule has 8 heteroatoms. The number of benzene rings is 2. The summed E-state index contributed by atoms with van der Waals surface area (Å²) in [6, 6.07) is 13.3. The van der Waals surface area contributed by atoms with Crippen LogP contribution in [-0.4, -0.2) is 51.0 Å². The zero-order valence-corrected chi connectivity index (χ0v) is 19.1. The highest BCUT2D eigenvalue weighted by Gasteiger charge is 2.31. The molecule has 2 aromatic carbocycles. The summed E-state index contributed by atoms with van der Waals surface area (Å²) in [6.07, 6.45) is 3.91. The van der Waals surface area contributed by atoms with Crippen molar-refractivity contribution < 1.29 is 17.6 Å². The summed E-state index contributed by atoms with van der Waals surface area (Å²) in [6.45, 7) is 3.93. The van der Waals surface area contributed by atoms with Crippen molar-refractivity contribution in [1.82, 2.24) is 9.29 Å². The van der Waals surface area contributed by atoms with Gasteiger partial charge in [0.2, 0.25) is 10.0 Å². The Kier molecular flexibility index (Phi) is 5.43. The molecule has 168 valence electrons. The molecule has 2 heterocycles. The largest absolute Gasteiger partial charge is 0.497 e. The minimum Gasteiger partial charge on any atom is -0.497 e. The van der Waals surface area contributed by atoms with Crippen molar-refractivity contribution in [3.05, 3.63) is 60.1 Å². The van der Waals surface area contributed by atoms with Crippen LogP contribution >= 0.6 is 0 Å². The van der Waals surface area contributed by atoms with Crippen molar-refractivity contribution in [2.75, 3.05) is 38.2 Å². The van der Waals surface area contributed by atoms with Crippen molar-refractivity contribution in [3.63, 3.8) is 0 Å². The van der Waals surface area contributed by atoms with Crippen LogP contribution in [0.5, 0.6) is 5.75 Å². The number of methoxy groups -OCH3 is 1. The normalized spacial score (nSPS) is 17.5. The van der Waals surface area contributed by atoms with Crippen LogP contribution in [0.2, 0.25) is 0 Å². The molecular formula is C24H27N3O4S. The number of anilines is 1. The van der Waals surface area contributed by atoms with Gasteiger partial charge in [-0.15, -0.1) is 0 Å². The molecule has 0 radical (unpaired) electrons. The Balaban J connectivity index is 1.35. The third-order valence-electron chi connectivity index (χ3n) is 6.20. The lowest BCUT2D eigenvalue weighted by atomic mass is 10.1. The summed E-state index contributed by atoms with van der Waals surface area (Å²) in [5.74, 6) is 2.57. The Bertz CT molecular complexity index is 1230. The monoisotopic (exact) mass is 453 g/mol. The summed E-state index contributed by atoms with van der Waals surface area (Å²) >= 11 is 0. The van der Waals surface area contributed by atoms with E-state index in [1.165, 1.54) is 0 Å². The maximum atomic E-state index is 13.5. The highest BCUT2D eigenvalue weighted by Crippen LogP contribution is 2.40. The molecule has 0 amide bonds. The van der Waals surface area contributed by atoms with Gasteiger partial charge in [-0.05, 0) is 43.5 Å². The number of hydrogen-bond donors (Lipinski definition) is 0. The second kappa shape index (κ2) is 8.26. The van der Waals surface area contributed by atoms with Crippen molar-refractivity contribution >= 4 is 15.7 Å².